The van der Waals surface area contributed by atoms with Gasteiger partial charge in [0, 0.05) is 20.7 Å². The van der Waals surface area contributed by atoms with Gasteiger partial charge in [0.2, 0.25) is 11.0 Å². The molecule has 0 aliphatic rings. The second-order valence-corrected chi connectivity index (χ2v) is 9.21. The van der Waals surface area contributed by atoms with Crippen molar-refractivity contribution in [1.29, 1.82) is 0 Å². The van der Waals surface area contributed by atoms with Gasteiger partial charge in [-0.15, -0.1) is 10.2 Å². The molecule has 7 nitrogen and oxygen atoms in total. The van der Waals surface area contributed by atoms with E-state index in [1.54, 1.807) is 24.3 Å². The van der Waals surface area contributed by atoms with E-state index in [-0.39, 0.29) is 11.8 Å². The number of carbonyl (C=O) groups is 2. The molecule has 3 amide bonds. The second-order valence-electron chi connectivity index (χ2n) is 6.88. The van der Waals surface area contributed by atoms with Crippen molar-refractivity contribution in [3.8, 4) is 10.6 Å². The summed E-state index contributed by atoms with van der Waals surface area (Å²) in [6.45, 7) is 3.86. The van der Waals surface area contributed by atoms with E-state index in [4.69, 9.17) is 11.6 Å². The number of rotatable bonds is 7. The van der Waals surface area contributed by atoms with Crippen molar-refractivity contribution in [3.05, 3.63) is 58.0 Å². The molecule has 0 fully saturated rings. The first-order chi connectivity index (χ1) is 14.9. The lowest BCUT2D eigenvalue weighted by atomic mass is 9.98. The van der Waals surface area contributed by atoms with Crippen molar-refractivity contribution in [2.75, 3.05) is 10.6 Å². The highest BCUT2D eigenvalue weighted by atomic mass is 79.9. The predicted molar refractivity (Wildman–Crippen MR) is 129 cm³/mol. The number of nitrogens with one attached hydrogen (secondary N) is 3. The number of hydrogen-bond acceptors (Lipinski definition) is 5. The maximum atomic E-state index is 12.9. The maximum Gasteiger partial charge on any atom is 0.319 e. The first-order valence-corrected chi connectivity index (χ1v) is 11.6. The molecule has 0 aliphatic carbocycles. The smallest absolute Gasteiger partial charge is 0.319 e. The fraction of sp³-hybridized carbons (Fsp3) is 0.238. The molecule has 31 heavy (non-hydrogen) atoms. The Balaban J connectivity index is 1.67. The van der Waals surface area contributed by atoms with Crippen LogP contribution in [0.4, 0.5) is 15.6 Å². The molecule has 162 valence electrons. The Morgan fingerprint density at radius 1 is 1.13 bits per heavy atom. The SMILES string of the molecule is CCC(C)C(NC(=O)Nc1ccc(Cl)cc1)C(=O)Nc1nnc(-c2cccc(Br)c2)s1. The average Bonchev–Trinajstić information content (AvgIpc) is 3.21. The lowest BCUT2D eigenvalue weighted by molar-refractivity contribution is -0.119. The minimum atomic E-state index is -0.740. The number of halogens is 2. The first-order valence-electron chi connectivity index (χ1n) is 9.59. The van der Waals surface area contributed by atoms with E-state index in [1.165, 1.54) is 11.3 Å². The molecule has 1 heterocycles. The molecule has 3 aromatic rings. The van der Waals surface area contributed by atoms with Crippen molar-refractivity contribution in [1.82, 2.24) is 15.5 Å². The third kappa shape index (κ3) is 6.49. The maximum absolute atomic E-state index is 12.9. The van der Waals surface area contributed by atoms with Crippen molar-refractivity contribution in [2.24, 2.45) is 5.92 Å². The quantitative estimate of drug-likeness (QED) is 0.366. The van der Waals surface area contributed by atoms with Crippen LogP contribution in [0, 0.1) is 5.92 Å². The van der Waals surface area contributed by atoms with E-state index in [0.29, 0.717) is 27.3 Å². The monoisotopic (exact) mass is 521 g/mol. The molecular weight excluding hydrogens is 502 g/mol. The Hall–Kier alpha value is -2.49. The zero-order valence-corrected chi connectivity index (χ0v) is 20.0. The van der Waals surface area contributed by atoms with Crippen LogP contribution in [-0.4, -0.2) is 28.2 Å². The predicted octanol–water partition coefficient (Wildman–Crippen LogP) is 5.80. The van der Waals surface area contributed by atoms with Crippen LogP contribution in [0.15, 0.2) is 53.0 Å². The van der Waals surface area contributed by atoms with Crippen molar-refractivity contribution in [2.45, 2.75) is 26.3 Å². The summed E-state index contributed by atoms with van der Waals surface area (Å²) in [5.74, 6) is -0.439. The van der Waals surface area contributed by atoms with Crippen LogP contribution in [0.5, 0.6) is 0 Å². The summed E-state index contributed by atoms with van der Waals surface area (Å²) in [6.07, 6.45) is 0.707. The Labute approximate surface area is 197 Å². The van der Waals surface area contributed by atoms with Gasteiger partial charge >= 0.3 is 6.03 Å². The van der Waals surface area contributed by atoms with Gasteiger partial charge in [-0.25, -0.2) is 4.79 Å². The number of nitrogens with zero attached hydrogens (tertiary/aromatic N) is 2. The second kappa shape index (κ2) is 10.7. The highest BCUT2D eigenvalue weighted by Crippen LogP contribution is 2.28. The highest BCUT2D eigenvalue weighted by Gasteiger charge is 2.27. The van der Waals surface area contributed by atoms with Gasteiger partial charge in [-0.1, -0.05) is 71.3 Å². The van der Waals surface area contributed by atoms with Gasteiger partial charge in [-0.2, -0.15) is 0 Å². The van der Waals surface area contributed by atoms with Gasteiger partial charge < -0.3 is 10.6 Å². The van der Waals surface area contributed by atoms with E-state index < -0.39 is 12.1 Å². The summed E-state index contributed by atoms with van der Waals surface area (Å²) in [5, 5.41) is 18.1. The standard InChI is InChI=1S/C21H21BrClN5O2S/c1-3-12(2)17(25-20(30)24-16-9-7-15(23)8-10-16)18(29)26-21-28-27-19(31-21)13-5-4-6-14(22)11-13/h4-12,17H,3H2,1-2H3,(H2,24,25,30)(H,26,28,29). The van der Waals surface area contributed by atoms with E-state index in [2.05, 4.69) is 42.1 Å². The van der Waals surface area contributed by atoms with Gasteiger partial charge in [0.15, 0.2) is 0 Å². The average molecular weight is 523 g/mol. The van der Waals surface area contributed by atoms with Crippen LogP contribution in [0.25, 0.3) is 10.6 Å². The van der Waals surface area contributed by atoms with E-state index in [9.17, 15) is 9.59 Å². The number of urea groups is 1. The largest absolute Gasteiger partial charge is 0.326 e. The van der Waals surface area contributed by atoms with E-state index >= 15 is 0 Å². The molecule has 2 aromatic carbocycles. The lowest BCUT2D eigenvalue weighted by Crippen LogP contribution is -2.49. The summed E-state index contributed by atoms with van der Waals surface area (Å²) in [7, 11) is 0. The molecule has 10 heteroatoms. The third-order valence-corrected chi connectivity index (χ3v) is 6.24. The summed E-state index contributed by atoms with van der Waals surface area (Å²) >= 11 is 10.6. The summed E-state index contributed by atoms with van der Waals surface area (Å²) in [5.41, 5.74) is 1.47. The molecule has 0 spiro atoms. The molecule has 3 N–H and O–H groups in total. The van der Waals surface area contributed by atoms with Crippen molar-refractivity contribution < 1.29 is 9.59 Å². The fourth-order valence-corrected chi connectivity index (χ4v) is 4.01. The van der Waals surface area contributed by atoms with Crippen LogP contribution in [0.3, 0.4) is 0 Å². The van der Waals surface area contributed by atoms with Crippen LogP contribution < -0.4 is 16.0 Å². The Bertz CT molecular complexity index is 1060. The zero-order chi connectivity index (χ0) is 22.4. The molecule has 3 rings (SSSR count). The fourth-order valence-electron chi connectivity index (χ4n) is 2.74. The molecular formula is C21H21BrClN5O2S. The molecule has 0 saturated heterocycles. The number of amides is 3. The van der Waals surface area contributed by atoms with Crippen LogP contribution in [-0.2, 0) is 4.79 Å². The van der Waals surface area contributed by atoms with Crippen LogP contribution in [0.1, 0.15) is 20.3 Å². The Morgan fingerprint density at radius 2 is 1.87 bits per heavy atom. The normalized spacial score (nSPS) is 12.6. The molecule has 2 atom stereocenters. The van der Waals surface area contributed by atoms with Gasteiger partial charge in [0.25, 0.3) is 0 Å². The zero-order valence-electron chi connectivity index (χ0n) is 16.9. The van der Waals surface area contributed by atoms with Gasteiger partial charge in [-0.05, 0) is 42.3 Å². The topological polar surface area (TPSA) is 96.0 Å². The number of hydrogen-bond donors (Lipinski definition) is 3. The van der Waals surface area contributed by atoms with Crippen LogP contribution in [0.2, 0.25) is 5.02 Å². The number of anilines is 2. The summed E-state index contributed by atoms with van der Waals surface area (Å²) < 4.78 is 0.929. The van der Waals surface area contributed by atoms with E-state index in [1.807, 2.05) is 38.1 Å². The van der Waals surface area contributed by atoms with Gasteiger partial charge in [0.1, 0.15) is 11.0 Å². The molecule has 0 radical (unpaired) electrons. The minimum Gasteiger partial charge on any atom is -0.326 e. The minimum absolute atomic E-state index is 0.0894. The Kier molecular flexibility index (Phi) is 8.00. The number of aromatic nitrogens is 2. The molecule has 0 bridgehead atoms. The van der Waals surface area contributed by atoms with E-state index in [0.717, 1.165) is 10.0 Å². The van der Waals surface area contributed by atoms with Crippen molar-refractivity contribution in [3.63, 3.8) is 0 Å². The molecule has 0 saturated carbocycles. The molecule has 2 unspecified atom stereocenters. The number of carbonyl (C=O) groups excluding carboxylic acids is 2. The number of benzene rings is 2. The first kappa shape index (κ1) is 23.2. The summed E-state index contributed by atoms with van der Waals surface area (Å²) in [6, 6.07) is 13.2. The molecule has 0 aliphatic heterocycles. The third-order valence-electron chi connectivity index (χ3n) is 4.61. The van der Waals surface area contributed by atoms with Gasteiger partial charge in [0.05, 0.1) is 0 Å². The van der Waals surface area contributed by atoms with Gasteiger partial charge in [-0.3, -0.25) is 10.1 Å². The molecule has 1 aromatic heterocycles. The highest BCUT2D eigenvalue weighted by molar-refractivity contribution is 9.10. The van der Waals surface area contributed by atoms with Crippen LogP contribution >= 0.6 is 38.9 Å². The van der Waals surface area contributed by atoms with Crippen molar-refractivity contribution >= 4 is 61.6 Å². The lowest BCUT2D eigenvalue weighted by Gasteiger charge is -2.23. The Morgan fingerprint density at radius 3 is 2.55 bits per heavy atom. The summed E-state index contributed by atoms with van der Waals surface area (Å²) in [4.78, 5) is 25.3.